The van der Waals surface area contributed by atoms with Gasteiger partial charge in [-0.15, -0.1) is 0 Å². The molecule has 0 spiro atoms. The summed E-state index contributed by atoms with van der Waals surface area (Å²) in [5, 5.41) is 0. The third-order valence-corrected chi connectivity index (χ3v) is 5.99. The highest BCUT2D eigenvalue weighted by atomic mass is 16.5. The van der Waals surface area contributed by atoms with Gasteiger partial charge in [-0.2, -0.15) is 0 Å². The van der Waals surface area contributed by atoms with Crippen LogP contribution >= 0.6 is 0 Å². The number of rotatable bonds is 6. The topological polar surface area (TPSA) is 82.1 Å². The van der Waals surface area contributed by atoms with Gasteiger partial charge in [-0.1, -0.05) is 0 Å². The van der Waals surface area contributed by atoms with Crippen molar-refractivity contribution in [3.63, 3.8) is 0 Å². The molecule has 31 heavy (non-hydrogen) atoms. The molecule has 1 aliphatic rings. The van der Waals surface area contributed by atoms with E-state index in [1.54, 1.807) is 7.11 Å². The molecule has 4 rings (SSSR count). The first-order chi connectivity index (χ1) is 15.0. The summed E-state index contributed by atoms with van der Waals surface area (Å²) in [6, 6.07) is 9.97. The van der Waals surface area contributed by atoms with Crippen LogP contribution in [0, 0.1) is 12.8 Å². The lowest BCUT2D eigenvalue weighted by Crippen LogP contribution is -2.36. The molecule has 0 bridgehead atoms. The van der Waals surface area contributed by atoms with Gasteiger partial charge < -0.3 is 19.6 Å². The van der Waals surface area contributed by atoms with Crippen molar-refractivity contribution in [2.45, 2.75) is 33.2 Å². The van der Waals surface area contributed by atoms with E-state index < -0.39 is 0 Å². The Bertz CT molecular complexity index is 1080. The number of nitrogens with zero attached hydrogens (tertiary/aromatic N) is 3. The molecule has 7 heteroatoms. The van der Waals surface area contributed by atoms with Crippen molar-refractivity contribution in [1.82, 2.24) is 14.3 Å². The summed E-state index contributed by atoms with van der Waals surface area (Å²) in [6.45, 7) is 6.76. The minimum atomic E-state index is -0.0703. The lowest BCUT2D eigenvalue weighted by molar-refractivity contribution is -0.149. The van der Waals surface area contributed by atoms with Gasteiger partial charge in [-0.3, -0.25) is 9.69 Å². The van der Waals surface area contributed by atoms with E-state index >= 15 is 0 Å². The Balaban J connectivity index is 1.64. The fraction of sp³-hybridized carbons (Fsp3) is 0.417. The van der Waals surface area contributed by atoms with Gasteiger partial charge in [0.2, 0.25) is 0 Å². The first-order valence-electron chi connectivity index (χ1n) is 10.8. The van der Waals surface area contributed by atoms with Crippen LogP contribution in [-0.4, -0.2) is 47.1 Å². The van der Waals surface area contributed by atoms with Crippen molar-refractivity contribution in [2.24, 2.45) is 5.92 Å². The number of imidazole rings is 1. The molecular weight excluding hydrogens is 392 g/mol. The van der Waals surface area contributed by atoms with E-state index in [0.29, 0.717) is 12.3 Å². The maximum atomic E-state index is 12.1. The number of likely N-dealkylation sites (tertiary alicyclic amines) is 1. The smallest absolute Gasteiger partial charge is 0.309 e. The SMILES string of the molecule is CCOC(=O)C1CCN(Cc2c(-c3ccc(OC)c(C)c3)nc3ccc(N)cn23)CC1. The Morgan fingerprint density at radius 1 is 1.23 bits per heavy atom. The summed E-state index contributed by atoms with van der Waals surface area (Å²) < 4.78 is 12.7. The standard InChI is InChI=1S/C24H30N4O3/c1-4-31-24(29)17-9-11-27(12-10-17)15-20-23(18-5-7-21(30-3)16(2)13-18)26-22-8-6-19(25)14-28(20)22/h5-8,13-14,17H,4,9-12,15,25H2,1-3H3. The molecule has 7 nitrogen and oxygen atoms in total. The number of aromatic nitrogens is 2. The molecule has 0 atom stereocenters. The molecule has 3 heterocycles. The normalized spacial score (nSPS) is 15.3. The van der Waals surface area contributed by atoms with Gasteiger partial charge >= 0.3 is 5.97 Å². The second kappa shape index (κ2) is 8.98. The number of ether oxygens (including phenoxy) is 2. The quantitative estimate of drug-likeness (QED) is 0.611. The number of pyridine rings is 1. The summed E-state index contributed by atoms with van der Waals surface area (Å²) in [6.07, 6.45) is 3.56. The third-order valence-electron chi connectivity index (χ3n) is 5.99. The number of hydrogen-bond donors (Lipinski definition) is 1. The second-order valence-electron chi connectivity index (χ2n) is 8.08. The molecule has 2 N–H and O–H groups in total. The first kappa shape index (κ1) is 21.2. The molecule has 164 valence electrons. The summed E-state index contributed by atoms with van der Waals surface area (Å²) in [4.78, 5) is 19.4. The van der Waals surface area contributed by atoms with Crippen LogP contribution in [0.4, 0.5) is 5.69 Å². The van der Waals surface area contributed by atoms with Crippen molar-refractivity contribution >= 4 is 17.3 Å². The van der Waals surface area contributed by atoms with Gasteiger partial charge in [-0.05, 0) is 75.7 Å². The molecule has 0 saturated carbocycles. The molecule has 1 saturated heterocycles. The number of methoxy groups -OCH3 is 1. The number of carbonyl (C=O) groups is 1. The van der Waals surface area contributed by atoms with Crippen molar-refractivity contribution in [1.29, 1.82) is 0 Å². The van der Waals surface area contributed by atoms with Crippen molar-refractivity contribution in [3.8, 4) is 17.0 Å². The zero-order valence-corrected chi connectivity index (χ0v) is 18.4. The van der Waals surface area contributed by atoms with Crippen LogP contribution in [0.2, 0.25) is 0 Å². The number of piperidine rings is 1. The Morgan fingerprint density at radius 2 is 2.00 bits per heavy atom. The van der Waals surface area contributed by atoms with E-state index in [2.05, 4.69) is 15.4 Å². The lowest BCUT2D eigenvalue weighted by Gasteiger charge is -2.30. The number of nitrogens with two attached hydrogens (primary N) is 1. The maximum Gasteiger partial charge on any atom is 0.309 e. The van der Waals surface area contributed by atoms with Crippen LogP contribution in [0.5, 0.6) is 5.75 Å². The molecule has 3 aromatic rings. The number of anilines is 1. The summed E-state index contributed by atoms with van der Waals surface area (Å²) in [7, 11) is 1.68. The summed E-state index contributed by atoms with van der Waals surface area (Å²) in [5.41, 5.74) is 11.8. The van der Waals surface area contributed by atoms with Gasteiger partial charge in [0, 0.05) is 24.0 Å². The van der Waals surface area contributed by atoms with Crippen LogP contribution in [-0.2, 0) is 16.1 Å². The molecule has 1 fully saturated rings. The first-order valence-corrected chi connectivity index (χ1v) is 10.8. The minimum absolute atomic E-state index is 0.00210. The zero-order chi connectivity index (χ0) is 22.0. The third kappa shape index (κ3) is 4.37. The Labute approximate surface area is 182 Å². The monoisotopic (exact) mass is 422 g/mol. The highest BCUT2D eigenvalue weighted by Gasteiger charge is 2.27. The molecule has 2 aromatic heterocycles. The summed E-state index contributed by atoms with van der Waals surface area (Å²) in [5.74, 6) is 0.788. The van der Waals surface area contributed by atoms with Crippen LogP contribution in [0.15, 0.2) is 36.5 Å². The number of hydrogen-bond acceptors (Lipinski definition) is 6. The van der Waals surface area contributed by atoms with Gasteiger partial charge in [-0.25, -0.2) is 4.98 Å². The van der Waals surface area contributed by atoms with Gasteiger partial charge in [0.15, 0.2) is 0 Å². The average molecular weight is 423 g/mol. The van der Waals surface area contributed by atoms with Gasteiger partial charge in [0.1, 0.15) is 11.4 Å². The largest absolute Gasteiger partial charge is 0.496 e. The van der Waals surface area contributed by atoms with Gasteiger partial charge in [0.05, 0.1) is 31.0 Å². The molecule has 0 amide bonds. The van der Waals surface area contributed by atoms with E-state index in [1.807, 2.05) is 44.3 Å². The summed E-state index contributed by atoms with van der Waals surface area (Å²) >= 11 is 0. The molecular formula is C24H30N4O3. The van der Waals surface area contributed by atoms with Crippen LogP contribution < -0.4 is 10.5 Å². The van der Waals surface area contributed by atoms with Crippen LogP contribution in [0.3, 0.4) is 0 Å². The number of aryl methyl sites for hydroxylation is 1. The van der Waals surface area contributed by atoms with E-state index in [0.717, 1.165) is 66.4 Å². The van der Waals surface area contributed by atoms with Crippen LogP contribution in [0.25, 0.3) is 16.9 Å². The Kier molecular flexibility index (Phi) is 6.13. The predicted octanol–water partition coefficient (Wildman–Crippen LogP) is 3.68. The number of nitrogen functional groups attached to an aromatic ring is 1. The zero-order valence-electron chi connectivity index (χ0n) is 18.4. The highest BCUT2D eigenvalue weighted by Crippen LogP contribution is 2.31. The number of carbonyl (C=O) groups excluding carboxylic acids is 1. The number of esters is 1. The van der Waals surface area contributed by atoms with E-state index in [9.17, 15) is 4.79 Å². The Hall–Kier alpha value is -3.06. The van der Waals surface area contributed by atoms with Crippen LogP contribution in [0.1, 0.15) is 31.0 Å². The number of fused-ring (bicyclic) bond motifs is 1. The van der Waals surface area contributed by atoms with Gasteiger partial charge in [0.25, 0.3) is 0 Å². The number of benzene rings is 1. The van der Waals surface area contributed by atoms with Crippen molar-refractivity contribution < 1.29 is 14.3 Å². The lowest BCUT2D eigenvalue weighted by atomic mass is 9.96. The van der Waals surface area contributed by atoms with E-state index in [1.165, 1.54) is 0 Å². The average Bonchev–Trinajstić information content (AvgIpc) is 3.12. The fourth-order valence-corrected chi connectivity index (χ4v) is 4.32. The molecule has 1 aliphatic heterocycles. The van der Waals surface area contributed by atoms with E-state index in [4.69, 9.17) is 20.2 Å². The van der Waals surface area contributed by atoms with E-state index in [-0.39, 0.29) is 11.9 Å². The molecule has 0 unspecified atom stereocenters. The molecule has 0 aliphatic carbocycles. The minimum Gasteiger partial charge on any atom is -0.496 e. The highest BCUT2D eigenvalue weighted by molar-refractivity contribution is 5.72. The molecule has 1 aromatic carbocycles. The Morgan fingerprint density at radius 3 is 2.68 bits per heavy atom. The van der Waals surface area contributed by atoms with Crippen molar-refractivity contribution in [3.05, 3.63) is 47.8 Å². The fourth-order valence-electron chi connectivity index (χ4n) is 4.32. The predicted molar refractivity (Wildman–Crippen MR) is 121 cm³/mol. The van der Waals surface area contributed by atoms with Crippen molar-refractivity contribution in [2.75, 3.05) is 32.5 Å². The molecule has 0 radical (unpaired) electrons. The second-order valence-corrected chi connectivity index (χ2v) is 8.08. The maximum absolute atomic E-state index is 12.1.